The molecule has 1 fully saturated rings. The number of amides is 1. The molecular weight excluding hydrogens is 276 g/mol. The van der Waals surface area contributed by atoms with Gasteiger partial charge < -0.3 is 14.4 Å². The first-order valence-corrected chi connectivity index (χ1v) is 6.91. The standard InChI is InChI=1S/C13H20N4O4/c1-4-16(9-5-6-9)11(18)7-17-10(8-20-2)12(14-15-17)13(19)21-3/h9H,4-8H2,1-3H3. The first kappa shape index (κ1) is 15.4. The lowest BCUT2D eigenvalue weighted by Crippen LogP contribution is -2.36. The molecule has 0 unspecified atom stereocenters. The number of hydrogen-bond acceptors (Lipinski definition) is 6. The Bertz CT molecular complexity index is 524. The molecule has 116 valence electrons. The summed E-state index contributed by atoms with van der Waals surface area (Å²) in [7, 11) is 2.78. The van der Waals surface area contributed by atoms with E-state index in [0.717, 1.165) is 12.8 Å². The zero-order valence-corrected chi connectivity index (χ0v) is 12.5. The number of rotatable bonds is 7. The van der Waals surface area contributed by atoms with E-state index >= 15 is 0 Å². The maximum Gasteiger partial charge on any atom is 0.360 e. The predicted octanol–water partition coefficient (Wildman–Crippen LogP) is 0.222. The zero-order chi connectivity index (χ0) is 15.4. The summed E-state index contributed by atoms with van der Waals surface area (Å²) >= 11 is 0. The van der Waals surface area contributed by atoms with Crippen LogP contribution in [0.5, 0.6) is 0 Å². The van der Waals surface area contributed by atoms with E-state index in [-0.39, 0.29) is 24.8 Å². The lowest BCUT2D eigenvalue weighted by Gasteiger charge is -2.20. The molecule has 2 rings (SSSR count). The minimum Gasteiger partial charge on any atom is -0.464 e. The van der Waals surface area contributed by atoms with Crippen molar-refractivity contribution in [1.82, 2.24) is 19.9 Å². The molecule has 0 spiro atoms. The fraction of sp³-hybridized carbons (Fsp3) is 0.692. The van der Waals surface area contributed by atoms with Gasteiger partial charge in [-0.15, -0.1) is 5.10 Å². The third-order valence-electron chi connectivity index (χ3n) is 3.43. The molecule has 1 aromatic rings. The average Bonchev–Trinajstić information content (AvgIpc) is 3.23. The normalized spacial score (nSPS) is 14.0. The lowest BCUT2D eigenvalue weighted by atomic mass is 10.3. The summed E-state index contributed by atoms with van der Waals surface area (Å²) in [6.45, 7) is 2.81. The van der Waals surface area contributed by atoms with Crippen molar-refractivity contribution >= 4 is 11.9 Å². The van der Waals surface area contributed by atoms with Crippen LogP contribution in [0.2, 0.25) is 0 Å². The largest absolute Gasteiger partial charge is 0.464 e. The number of esters is 1. The third-order valence-corrected chi connectivity index (χ3v) is 3.43. The highest BCUT2D eigenvalue weighted by molar-refractivity contribution is 5.88. The monoisotopic (exact) mass is 296 g/mol. The molecule has 0 atom stereocenters. The second-order valence-electron chi connectivity index (χ2n) is 4.88. The van der Waals surface area contributed by atoms with Crippen molar-refractivity contribution in [3.8, 4) is 0 Å². The molecule has 0 bridgehead atoms. The first-order valence-electron chi connectivity index (χ1n) is 6.91. The van der Waals surface area contributed by atoms with Gasteiger partial charge in [0.05, 0.1) is 19.4 Å². The van der Waals surface area contributed by atoms with Crippen LogP contribution < -0.4 is 0 Å². The quantitative estimate of drug-likeness (QED) is 0.669. The van der Waals surface area contributed by atoms with Gasteiger partial charge in [-0.1, -0.05) is 5.21 Å². The minimum absolute atomic E-state index is 0.0290. The van der Waals surface area contributed by atoms with Crippen LogP contribution in [0.15, 0.2) is 0 Å². The van der Waals surface area contributed by atoms with E-state index in [1.807, 2.05) is 11.8 Å². The summed E-state index contributed by atoms with van der Waals surface area (Å²) in [5.74, 6) is -0.617. The summed E-state index contributed by atoms with van der Waals surface area (Å²) in [5, 5.41) is 7.67. The number of ether oxygens (including phenoxy) is 2. The van der Waals surface area contributed by atoms with Crippen LogP contribution in [0.1, 0.15) is 35.9 Å². The average molecular weight is 296 g/mol. The van der Waals surface area contributed by atoms with Gasteiger partial charge in [-0.2, -0.15) is 0 Å². The van der Waals surface area contributed by atoms with E-state index in [0.29, 0.717) is 18.3 Å². The fourth-order valence-corrected chi connectivity index (χ4v) is 2.24. The first-order chi connectivity index (χ1) is 10.1. The molecule has 0 aromatic carbocycles. The Labute approximate surface area is 123 Å². The smallest absolute Gasteiger partial charge is 0.360 e. The number of likely N-dealkylation sites (N-methyl/N-ethyl adjacent to an activating group) is 1. The Balaban J connectivity index is 2.16. The van der Waals surface area contributed by atoms with Gasteiger partial charge in [-0.3, -0.25) is 4.79 Å². The second-order valence-corrected chi connectivity index (χ2v) is 4.88. The maximum absolute atomic E-state index is 12.3. The molecule has 1 aromatic heterocycles. The van der Waals surface area contributed by atoms with Crippen molar-refractivity contribution in [2.45, 2.75) is 39.0 Å². The summed E-state index contributed by atoms with van der Waals surface area (Å²) in [6.07, 6.45) is 2.10. The van der Waals surface area contributed by atoms with Gasteiger partial charge in [-0.05, 0) is 19.8 Å². The van der Waals surface area contributed by atoms with Crippen molar-refractivity contribution in [3.63, 3.8) is 0 Å². The lowest BCUT2D eigenvalue weighted by molar-refractivity contribution is -0.132. The molecule has 0 aliphatic heterocycles. The molecule has 1 aliphatic carbocycles. The predicted molar refractivity (Wildman–Crippen MR) is 72.5 cm³/mol. The van der Waals surface area contributed by atoms with E-state index in [4.69, 9.17) is 4.74 Å². The molecule has 21 heavy (non-hydrogen) atoms. The number of nitrogens with zero attached hydrogens (tertiary/aromatic N) is 4. The minimum atomic E-state index is -0.588. The Morgan fingerprint density at radius 2 is 2.10 bits per heavy atom. The van der Waals surface area contributed by atoms with Gasteiger partial charge in [0, 0.05) is 19.7 Å². The summed E-state index contributed by atoms with van der Waals surface area (Å²) in [6, 6.07) is 0.344. The number of hydrogen-bond donors (Lipinski definition) is 0. The second kappa shape index (κ2) is 6.66. The van der Waals surface area contributed by atoms with E-state index < -0.39 is 5.97 Å². The summed E-state index contributed by atoms with van der Waals surface area (Å²) in [5.41, 5.74) is 0.533. The molecule has 8 nitrogen and oxygen atoms in total. The number of aromatic nitrogens is 3. The van der Waals surface area contributed by atoms with Crippen molar-refractivity contribution in [2.24, 2.45) is 0 Å². The Hall–Kier alpha value is -1.96. The summed E-state index contributed by atoms with van der Waals surface area (Å²) < 4.78 is 11.1. The van der Waals surface area contributed by atoms with Crippen LogP contribution in [-0.2, 0) is 27.4 Å². The summed E-state index contributed by atoms with van der Waals surface area (Å²) in [4.78, 5) is 25.8. The third kappa shape index (κ3) is 3.38. The molecule has 0 saturated heterocycles. The molecule has 1 amide bonds. The van der Waals surface area contributed by atoms with Crippen molar-refractivity contribution in [3.05, 3.63) is 11.4 Å². The Kier molecular flexibility index (Phi) is 4.89. The van der Waals surface area contributed by atoms with Gasteiger partial charge in [-0.25, -0.2) is 9.48 Å². The van der Waals surface area contributed by atoms with Gasteiger partial charge in [0.1, 0.15) is 6.54 Å². The van der Waals surface area contributed by atoms with Gasteiger partial charge in [0.25, 0.3) is 0 Å². The van der Waals surface area contributed by atoms with Crippen LogP contribution in [0, 0.1) is 0 Å². The highest BCUT2D eigenvalue weighted by Crippen LogP contribution is 2.26. The van der Waals surface area contributed by atoms with Crippen LogP contribution in [-0.4, -0.2) is 58.6 Å². The molecule has 1 saturated carbocycles. The topological polar surface area (TPSA) is 86.6 Å². The van der Waals surface area contributed by atoms with Crippen molar-refractivity contribution < 1.29 is 19.1 Å². The van der Waals surface area contributed by atoms with Crippen molar-refractivity contribution in [2.75, 3.05) is 20.8 Å². The van der Waals surface area contributed by atoms with Crippen LogP contribution in [0.25, 0.3) is 0 Å². The van der Waals surface area contributed by atoms with Crippen LogP contribution in [0.3, 0.4) is 0 Å². The van der Waals surface area contributed by atoms with Gasteiger partial charge in [0.15, 0.2) is 5.69 Å². The molecular formula is C13H20N4O4. The molecule has 0 radical (unpaired) electrons. The zero-order valence-electron chi connectivity index (χ0n) is 12.5. The highest BCUT2D eigenvalue weighted by Gasteiger charge is 2.32. The Morgan fingerprint density at radius 3 is 2.62 bits per heavy atom. The van der Waals surface area contributed by atoms with Crippen molar-refractivity contribution in [1.29, 1.82) is 0 Å². The number of carbonyl (C=O) groups excluding carboxylic acids is 2. The molecule has 1 heterocycles. The van der Waals surface area contributed by atoms with Gasteiger partial charge >= 0.3 is 5.97 Å². The molecule has 0 N–H and O–H groups in total. The maximum atomic E-state index is 12.3. The number of methoxy groups -OCH3 is 2. The van der Waals surface area contributed by atoms with E-state index in [2.05, 4.69) is 15.0 Å². The molecule has 1 aliphatic rings. The number of carbonyl (C=O) groups is 2. The van der Waals surface area contributed by atoms with E-state index in [1.165, 1.54) is 18.9 Å². The highest BCUT2D eigenvalue weighted by atomic mass is 16.5. The fourth-order valence-electron chi connectivity index (χ4n) is 2.24. The SMILES string of the molecule is CCN(C(=O)Cn1nnc(C(=O)OC)c1COC)C1CC1. The van der Waals surface area contributed by atoms with E-state index in [1.54, 1.807) is 0 Å². The van der Waals surface area contributed by atoms with E-state index in [9.17, 15) is 9.59 Å². The van der Waals surface area contributed by atoms with Gasteiger partial charge in [0.2, 0.25) is 5.91 Å². The Morgan fingerprint density at radius 1 is 1.38 bits per heavy atom. The molecule has 8 heteroatoms. The van der Waals surface area contributed by atoms with Crippen LogP contribution in [0.4, 0.5) is 0 Å². The van der Waals surface area contributed by atoms with Crippen LogP contribution >= 0.6 is 0 Å².